The third-order valence-electron chi connectivity index (χ3n) is 2.76. The molecule has 0 aliphatic heterocycles. The van der Waals surface area contributed by atoms with Crippen LogP contribution in [0.15, 0.2) is 0 Å². The van der Waals surface area contributed by atoms with Gasteiger partial charge in [-0.25, -0.2) is 0 Å². The van der Waals surface area contributed by atoms with Crippen molar-refractivity contribution in [2.24, 2.45) is 11.5 Å². The Morgan fingerprint density at radius 3 is 2.23 bits per heavy atom. The predicted molar refractivity (Wildman–Crippen MR) is 80.0 cm³/mol. The molecule has 0 aromatic heterocycles. The summed E-state index contributed by atoms with van der Waals surface area (Å²) >= 11 is 0. The van der Waals surface area contributed by atoms with E-state index >= 15 is 0 Å². The lowest BCUT2D eigenvalue weighted by Gasteiger charge is -2.21. The Balaban J connectivity index is 4.62. The van der Waals surface area contributed by atoms with Gasteiger partial charge in [0.1, 0.15) is 12.1 Å². The molecule has 0 spiro atoms. The van der Waals surface area contributed by atoms with Crippen molar-refractivity contribution in [3.63, 3.8) is 0 Å². The summed E-state index contributed by atoms with van der Waals surface area (Å²) < 4.78 is 0. The first-order valence-electron chi connectivity index (χ1n) is 6.82. The summed E-state index contributed by atoms with van der Waals surface area (Å²) in [6, 6.07) is -2.77. The van der Waals surface area contributed by atoms with Gasteiger partial charge in [-0.15, -0.1) is 0 Å². The van der Waals surface area contributed by atoms with Gasteiger partial charge in [0.15, 0.2) is 5.96 Å². The second-order valence-electron chi connectivity index (χ2n) is 4.90. The number of aliphatic carboxylic acids is 1. The summed E-state index contributed by atoms with van der Waals surface area (Å²) in [4.78, 5) is 34.4. The van der Waals surface area contributed by atoms with E-state index in [0.717, 1.165) is 0 Å². The molecule has 10 nitrogen and oxygen atoms in total. The van der Waals surface area contributed by atoms with Gasteiger partial charge in [-0.2, -0.15) is 0 Å². The molecule has 0 aromatic carbocycles. The molecule has 0 aromatic rings. The highest BCUT2D eigenvalue weighted by Gasteiger charge is 2.24. The normalized spacial score (nSPS) is 14.3. The first-order valence-corrected chi connectivity index (χ1v) is 6.82. The third kappa shape index (κ3) is 8.04. The molecule has 0 aliphatic rings. The van der Waals surface area contributed by atoms with Crippen LogP contribution >= 0.6 is 0 Å². The number of rotatable bonds is 9. The summed E-state index contributed by atoms with van der Waals surface area (Å²) in [7, 11) is 0. The van der Waals surface area contributed by atoms with Crippen LogP contribution in [-0.2, 0) is 14.4 Å². The first kappa shape index (κ1) is 19.6. The average Bonchev–Trinajstić information content (AvgIpc) is 2.40. The number of amides is 2. The molecule has 0 saturated heterocycles. The van der Waals surface area contributed by atoms with Crippen LogP contribution in [-0.4, -0.2) is 53.5 Å². The minimum absolute atomic E-state index is 0.194. The number of carboxylic acid groups (broad SMARTS) is 1. The van der Waals surface area contributed by atoms with Gasteiger partial charge in [-0.05, 0) is 26.7 Å². The van der Waals surface area contributed by atoms with E-state index < -0.39 is 35.9 Å². The molecule has 2 amide bonds. The topological polar surface area (TPSA) is 183 Å². The van der Waals surface area contributed by atoms with Crippen molar-refractivity contribution in [2.75, 3.05) is 6.54 Å². The van der Waals surface area contributed by atoms with E-state index in [1.54, 1.807) is 0 Å². The standard InChI is InChI=1S/C12H24N6O4/c1-6(13)9(19)18-8(4-3-5-16-12(14)15)10(20)17-7(2)11(21)22/h6-8H,3-5,13H2,1-2H3,(H,17,20)(H,18,19)(H,21,22)(H4,14,15,16)/t6-,7-,8-/m0/s1. The highest BCUT2D eigenvalue weighted by Crippen LogP contribution is 1.99. The van der Waals surface area contributed by atoms with Crippen LogP contribution in [0.1, 0.15) is 26.7 Å². The van der Waals surface area contributed by atoms with Crippen molar-refractivity contribution in [3.8, 4) is 0 Å². The quantitative estimate of drug-likeness (QED) is 0.141. The van der Waals surface area contributed by atoms with Gasteiger partial charge in [-0.1, -0.05) is 0 Å². The fourth-order valence-corrected chi connectivity index (χ4v) is 1.48. The van der Waals surface area contributed by atoms with Crippen LogP contribution in [0.4, 0.5) is 0 Å². The smallest absolute Gasteiger partial charge is 0.325 e. The molecule has 0 fully saturated rings. The summed E-state index contributed by atoms with van der Waals surface area (Å²) in [5.74, 6) is -2.49. The van der Waals surface area contributed by atoms with Crippen molar-refractivity contribution in [3.05, 3.63) is 0 Å². The lowest BCUT2D eigenvalue weighted by atomic mass is 10.1. The second-order valence-corrected chi connectivity index (χ2v) is 4.90. The zero-order chi connectivity index (χ0) is 17.3. The Morgan fingerprint density at radius 2 is 1.77 bits per heavy atom. The lowest BCUT2D eigenvalue weighted by Crippen LogP contribution is -2.53. The Kier molecular flexibility index (Phi) is 8.53. The fourth-order valence-electron chi connectivity index (χ4n) is 1.48. The molecule has 3 atom stereocenters. The Hall–Kier alpha value is -2.36. The monoisotopic (exact) mass is 316 g/mol. The van der Waals surface area contributed by atoms with Crippen molar-refractivity contribution < 1.29 is 19.5 Å². The number of carbonyl (C=O) groups is 3. The van der Waals surface area contributed by atoms with Gasteiger partial charge in [-0.3, -0.25) is 19.8 Å². The third-order valence-corrected chi connectivity index (χ3v) is 2.76. The van der Waals surface area contributed by atoms with Crippen LogP contribution in [0.25, 0.3) is 0 Å². The summed E-state index contributed by atoms with van der Waals surface area (Å²) in [5, 5.41) is 23.1. The second kappa shape index (κ2) is 9.55. The Labute approximate surface area is 128 Å². The SMILES string of the molecule is C[C@H](N)C(=O)N[C@@H](CCCNC(=N)N)C(=O)N[C@@H](C)C(=O)O. The molecule has 0 saturated carbocycles. The van der Waals surface area contributed by atoms with Crippen LogP contribution in [0, 0.1) is 5.41 Å². The van der Waals surface area contributed by atoms with Crippen LogP contribution in [0.2, 0.25) is 0 Å². The van der Waals surface area contributed by atoms with Crippen molar-refractivity contribution in [1.82, 2.24) is 16.0 Å². The number of nitrogens with one attached hydrogen (secondary N) is 4. The minimum atomic E-state index is -1.18. The number of carboxylic acids is 1. The maximum atomic E-state index is 12.0. The number of hydrogen-bond donors (Lipinski definition) is 7. The number of nitrogens with two attached hydrogens (primary N) is 2. The molecular weight excluding hydrogens is 292 g/mol. The zero-order valence-corrected chi connectivity index (χ0v) is 12.7. The predicted octanol–water partition coefficient (Wildman–Crippen LogP) is -2.33. The van der Waals surface area contributed by atoms with Crippen molar-refractivity contribution >= 4 is 23.7 Å². The highest BCUT2D eigenvalue weighted by molar-refractivity contribution is 5.91. The van der Waals surface area contributed by atoms with Gasteiger partial charge in [0.05, 0.1) is 6.04 Å². The van der Waals surface area contributed by atoms with Gasteiger partial charge >= 0.3 is 5.97 Å². The van der Waals surface area contributed by atoms with Gasteiger partial charge in [0.2, 0.25) is 11.8 Å². The van der Waals surface area contributed by atoms with Gasteiger partial charge < -0.3 is 32.5 Å². The molecule has 0 heterocycles. The molecule has 0 radical (unpaired) electrons. The molecule has 22 heavy (non-hydrogen) atoms. The molecule has 0 bridgehead atoms. The Bertz CT molecular complexity index is 426. The van der Waals surface area contributed by atoms with E-state index in [1.165, 1.54) is 13.8 Å². The molecule has 9 N–H and O–H groups in total. The molecular formula is C12H24N6O4. The molecule has 0 aliphatic carbocycles. The van der Waals surface area contributed by atoms with E-state index in [1.807, 2.05) is 0 Å². The average molecular weight is 316 g/mol. The Morgan fingerprint density at radius 1 is 1.18 bits per heavy atom. The number of carbonyl (C=O) groups excluding carboxylic acids is 2. The lowest BCUT2D eigenvalue weighted by molar-refractivity contribution is -0.141. The maximum absolute atomic E-state index is 12.0. The minimum Gasteiger partial charge on any atom is -0.480 e. The summed E-state index contributed by atoms with van der Waals surface area (Å²) in [6.07, 6.45) is 0.690. The van der Waals surface area contributed by atoms with Crippen molar-refractivity contribution in [2.45, 2.75) is 44.8 Å². The molecule has 10 heteroatoms. The van der Waals surface area contributed by atoms with E-state index in [9.17, 15) is 14.4 Å². The number of hydrogen-bond acceptors (Lipinski definition) is 5. The molecule has 0 rings (SSSR count). The largest absolute Gasteiger partial charge is 0.480 e. The zero-order valence-electron chi connectivity index (χ0n) is 12.7. The van der Waals surface area contributed by atoms with Crippen LogP contribution < -0.4 is 27.4 Å². The molecule has 126 valence electrons. The van der Waals surface area contributed by atoms with E-state index in [0.29, 0.717) is 13.0 Å². The van der Waals surface area contributed by atoms with Crippen molar-refractivity contribution in [1.29, 1.82) is 5.41 Å². The van der Waals surface area contributed by atoms with E-state index in [-0.39, 0.29) is 12.4 Å². The van der Waals surface area contributed by atoms with Crippen LogP contribution in [0.3, 0.4) is 0 Å². The number of guanidine groups is 1. The maximum Gasteiger partial charge on any atom is 0.325 e. The summed E-state index contributed by atoms with van der Waals surface area (Å²) in [5.41, 5.74) is 10.6. The first-order chi connectivity index (χ1) is 10.1. The van der Waals surface area contributed by atoms with Gasteiger partial charge in [0.25, 0.3) is 0 Å². The van der Waals surface area contributed by atoms with E-state index in [4.69, 9.17) is 22.0 Å². The fraction of sp³-hybridized carbons (Fsp3) is 0.667. The molecule has 0 unspecified atom stereocenters. The van der Waals surface area contributed by atoms with E-state index in [2.05, 4.69) is 16.0 Å². The van der Waals surface area contributed by atoms with Crippen LogP contribution in [0.5, 0.6) is 0 Å². The van der Waals surface area contributed by atoms with Gasteiger partial charge in [0, 0.05) is 6.54 Å². The highest BCUT2D eigenvalue weighted by atomic mass is 16.4. The summed E-state index contributed by atoms with van der Waals surface area (Å²) in [6.45, 7) is 3.14.